The molecule has 1 aromatic rings. The molecule has 1 heterocycles. The lowest BCUT2D eigenvalue weighted by Crippen LogP contribution is -2.46. The lowest BCUT2D eigenvalue weighted by molar-refractivity contribution is 0.126. The van der Waals surface area contributed by atoms with E-state index < -0.39 is 0 Å². The quantitative estimate of drug-likeness (QED) is 0.870. The van der Waals surface area contributed by atoms with Crippen LogP contribution in [-0.4, -0.2) is 31.1 Å². The molecule has 2 rings (SSSR count). The maximum Gasteiger partial charge on any atom is 0.137 e. The first-order valence-corrected chi connectivity index (χ1v) is 8.32. The fourth-order valence-corrected chi connectivity index (χ4v) is 3.42. The molecule has 0 aromatic heterocycles. The van der Waals surface area contributed by atoms with E-state index in [9.17, 15) is 4.39 Å². The van der Waals surface area contributed by atoms with E-state index in [1.165, 1.54) is 12.8 Å². The van der Waals surface area contributed by atoms with Crippen LogP contribution in [-0.2, 0) is 0 Å². The van der Waals surface area contributed by atoms with Gasteiger partial charge in [-0.3, -0.25) is 4.90 Å². The smallest absolute Gasteiger partial charge is 0.137 e. The normalized spacial score (nSPS) is 19.8. The second-order valence-corrected chi connectivity index (χ2v) is 6.52. The molecule has 1 aromatic carbocycles. The molecule has 1 unspecified atom stereocenters. The minimum atomic E-state index is -0.161. The van der Waals surface area contributed by atoms with Gasteiger partial charge in [0.1, 0.15) is 5.82 Å². The van der Waals surface area contributed by atoms with Gasteiger partial charge >= 0.3 is 0 Å². The number of rotatable bonds is 5. The highest BCUT2D eigenvalue weighted by Gasteiger charge is 2.27. The Kier molecular flexibility index (Phi) is 6.00. The molecule has 1 fully saturated rings. The van der Waals surface area contributed by atoms with Crippen molar-refractivity contribution in [2.45, 2.75) is 32.7 Å². The maximum atomic E-state index is 13.9. The summed E-state index contributed by atoms with van der Waals surface area (Å²) in [5, 5.41) is 3.39. The van der Waals surface area contributed by atoms with Crippen LogP contribution in [0, 0.1) is 11.7 Å². The molecule has 1 saturated heterocycles. The van der Waals surface area contributed by atoms with Gasteiger partial charge in [-0.1, -0.05) is 26.3 Å². The molecule has 0 amide bonds. The Hall–Kier alpha value is -0.450. The van der Waals surface area contributed by atoms with Gasteiger partial charge < -0.3 is 5.32 Å². The van der Waals surface area contributed by atoms with Gasteiger partial charge in [0.25, 0.3) is 0 Å². The largest absolute Gasteiger partial charge is 0.314 e. The number of benzene rings is 1. The standard InChI is InChI=1S/C16H24BrFN2/c1-3-4-12(2)16(20-9-7-19-8-10-20)13-5-6-14(17)15(18)11-13/h5-6,11-12,16,19H,3-4,7-10H2,1-2H3/t12?,16-/m0/s1. The van der Waals surface area contributed by atoms with Crippen LogP contribution in [0.3, 0.4) is 0 Å². The van der Waals surface area contributed by atoms with Crippen molar-refractivity contribution in [3.05, 3.63) is 34.1 Å². The Balaban J connectivity index is 2.26. The van der Waals surface area contributed by atoms with Crippen LogP contribution in [0.15, 0.2) is 22.7 Å². The van der Waals surface area contributed by atoms with E-state index in [4.69, 9.17) is 0 Å². The zero-order valence-electron chi connectivity index (χ0n) is 12.3. The van der Waals surface area contributed by atoms with Crippen LogP contribution >= 0.6 is 15.9 Å². The Bertz CT molecular complexity index is 432. The van der Waals surface area contributed by atoms with Crippen molar-refractivity contribution < 1.29 is 4.39 Å². The first kappa shape index (κ1) is 15.9. The van der Waals surface area contributed by atoms with E-state index in [0.717, 1.165) is 31.7 Å². The summed E-state index contributed by atoms with van der Waals surface area (Å²) in [6.07, 6.45) is 2.34. The van der Waals surface area contributed by atoms with E-state index in [1.807, 2.05) is 6.07 Å². The van der Waals surface area contributed by atoms with Crippen LogP contribution in [0.1, 0.15) is 38.3 Å². The summed E-state index contributed by atoms with van der Waals surface area (Å²) < 4.78 is 14.4. The topological polar surface area (TPSA) is 15.3 Å². The zero-order valence-corrected chi connectivity index (χ0v) is 13.9. The second kappa shape index (κ2) is 7.53. The minimum Gasteiger partial charge on any atom is -0.314 e. The Morgan fingerprint density at radius 1 is 1.35 bits per heavy atom. The molecule has 0 spiro atoms. The number of piperazine rings is 1. The van der Waals surface area contributed by atoms with E-state index >= 15 is 0 Å². The predicted molar refractivity (Wildman–Crippen MR) is 85.4 cm³/mol. The third-order valence-electron chi connectivity index (χ3n) is 4.11. The number of nitrogens with zero attached hydrogens (tertiary/aromatic N) is 1. The van der Waals surface area contributed by atoms with Gasteiger partial charge in [0, 0.05) is 32.2 Å². The van der Waals surface area contributed by atoms with E-state index in [2.05, 4.69) is 46.1 Å². The van der Waals surface area contributed by atoms with Crippen molar-refractivity contribution >= 4 is 15.9 Å². The monoisotopic (exact) mass is 342 g/mol. The summed E-state index contributed by atoms with van der Waals surface area (Å²) in [6.45, 7) is 8.62. The molecule has 0 saturated carbocycles. The van der Waals surface area contributed by atoms with Crippen LogP contribution in [0.4, 0.5) is 4.39 Å². The Labute approximate surface area is 129 Å². The van der Waals surface area contributed by atoms with Crippen LogP contribution < -0.4 is 5.32 Å². The maximum absolute atomic E-state index is 13.9. The van der Waals surface area contributed by atoms with Crippen molar-refractivity contribution in [3.63, 3.8) is 0 Å². The Morgan fingerprint density at radius 3 is 2.65 bits per heavy atom. The fourth-order valence-electron chi connectivity index (χ4n) is 3.17. The van der Waals surface area contributed by atoms with Crippen LogP contribution in [0.2, 0.25) is 0 Å². The number of nitrogens with one attached hydrogen (secondary N) is 1. The third-order valence-corrected chi connectivity index (χ3v) is 4.76. The molecular weight excluding hydrogens is 319 g/mol. The average Bonchev–Trinajstić information content (AvgIpc) is 2.44. The molecule has 1 aliphatic heterocycles. The SMILES string of the molecule is CCCC(C)[C@@H](c1ccc(Br)c(F)c1)N1CCNCC1. The second-order valence-electron chi connectivity index (χ2n) is 5.67. The van der Waals surface area contributed by atoms with Crippen LogP contribution in [0.5, 0.6) is 0 Å². The summed E-state index contributed by atoms with van der Waals surface area (Å²) in [6, 6.07) is 5.91. The number of hydrogen-bond donors (Lipinski definition) is 1. The van der Waals surface area contributed by atoms with Crippen LogP contribution in [0.25, 0.3) is 0 Å². The third kappa shape index (κ3) is 3.80. The van der Waals surface area contributed by atoms with Crippen molar-refractivity contribution in [1.29, 1.82) is 0 Å². The first-order chi connectivity index (χ1) is 9.63. The Morgan fingerprint density at radius 2 is 2.05 bits per heavy atom. The van der Waals surface area contributed by atoms with E-state index in [1.54, 1.807) is 6.07 Å². The molecule has 0 radical (unpaired) electrons. The number of hydrogen-bond acceptors (Lipinski definition) is 2. The average molecular weight is 343 g/mol. The summed E-state index contributed by atoms with van der Waals surface area (Å²) in [7, 11) is 0. The summed E-state index contributed by atoms with van der Waals surface area (Å²) in [5.74, 6) is 0.380. The van der Waals surface area contributed by atoms with Gasteiger partial charge in [-0.25, -0.2) is 4.39 Å². The molecule has 2 nitrogen and oxygen atoms in total. The molecule has 0 aliphatic carbocycles. The van der Waals surface area contributed by atoms with E-state index in [0.29, 0.717) is 16.4 Å². The van der Waals surface area contributed by atoms with Gasteiger partial charge in [0.2, 0.25) is 0 Å². The van der Waals surface area contributed by atoms with Gasteiger partial charge in [0.15, 0.2) is 0 Å². The summed E-state index contributed by atoms with van der Waals surface area (Å²) in [5.41, 5.74) is 1.11. The summed E-state index contributed by atoms with van der Waals surface area (Å²) >= 11 is 3.24. The highest BCUT2D eigenvalue weighted by atomic mass is 79.9. The molecule has 0 bridgehead atoms. The molecule has 1 N–H and O–H groups in total. The minimum absolute atomic E-state index is 0.161. The van der Waals surface area contributed by atoms with Crippen molar-refractivity contribution in [3.8, 4) is 0 Å². The zero-order chi connectivity index (χ0) is 14.5. The molecule has 2 atom stereocenters. The first-order valence-electron chi connectivity index (χ1n) is 7.53. The number of halogens is 2. The van der Waals surface area contributed by atoms with Gasteiger partial charge in [-0.15, -0.1) is 0 Å². The molecule has 1 aliphatic rings. The molecule has 20 heavy (non-hydrogen) atoms. The molecular formula is C16H24BrFN2. The lowest BCUT2D eigenvalue weighted by atomic mass is 9.89. The van der Waals surface area contributed by atoms with Gasteiger partial charge in [-0.05, 0) is 46.0 Å². The van der Waals surface area contributed by atoms with Gasteiger partial charge in [0.05, 0.1) is 4.47 Å². The lowest BCUT2D eigenvalue weighted by Gasteiger charge is -2.38. The predicted octanol–water partition coefficient (Wildman–Crippen LogP) is 3.97. The summed E-state index contributed by atoms with van der Waals surface area (Å²) in [4.78, 5) is 2.50. The highest BCUT2D eigenvalue weighted by molar-refractivity contribution is 9.10. The van der Waals surface area contributed by atoms with Gasteiger partial charge in [-0.2, -0.15) is 0 Å². The van der Waals surface area contributed by atoms with Crippen molar-refractivity contribution in [1.82, 2.24) is 10.2 Å². The highest BCUT2D eigenvalue weighted by Crippen LogP contribution is 2.33. The molecule has 4 heteroatoms. The van der Waals surface area contributed by atoms with Crippen molar-refractivity contribution in [2.75, 3.05) is 26.2 Å². The molecule has 112 valence electrons. The van der Waals surface area contributed by atoms with Crippen molar-refractivity contribution in [2.24, 2.45) is 5.92 Å². The van der Waals surface area contributed by atoms with E-state index in [-0.39, 0.29) is 5.82 Å². The fraction of sp³-hybridized carbons (Fsp3) is 0.625.